The maximum atomic E-state index is 15.0. The van der Waals surface area contributed by atoms with Crippen molar-refractivity contribution in [2.75, 3.05) is 78.5 Å². The van der Waals surface area contributed by atoms with Crippen molar-refractivity contribution >= 4 is 53.0 Å². The first-order valence-electron chi connectivity index (χ1n) is 63.6. The lowest BCUT2D eigenvalue weighted by Gasteiger charge is -2.28. The first kappa shape index (κ1) is 69.2. The normalized spacial score (nSPS) is 20.6. The number of benzene rings is 9. The molecule has 0 N–H and O–H groups in total. The van der Waals surface area contributed by atoms with E-state index in [1.54, 1.807) is 43.0 Å². The fourth-order valence-electron chi connectivity index (χ4n) is 14.7. The lowest BCUT2D eigenvalue weighted by molar-refractivity contribution is -0.138. The van der Waals surface area contributed by atoms with Crippen molar-refractivity contribution in [3.63, 3.8) is 0 Å². The highest BCUT2D eigenvalue weighted by atomic mass is 32.2. The maximum absolute atomic E-state index is 15.0. The lowest BCUT2D eigenvalue weighted by atomic mass is 9.98. The summed E-state index contributed by atoms with van der Waals surface area (Å²) in [5.41, 5.74) is -23.8. The van der Waals surface area contributed by atoms with Gasteiger partial charge in [0, 0.05) is 132 Å². The molecule has 3 aromatic heterocycles. The Hall–Kier alpha value is -11.9. The molecule has 3 amide bonds. The number of likely N-dealkylation sites (N-methyl/N-ethyl adjacent to an activating group) is 3. The van der Waals surface area contributed by atoms with Crippen LogP contribution in [0, 0.1) is 36.2 Å². The minimum absolute atomic E-state index is 0.0231. The Kier molecular flexibility index (Phi) is 24.2. The average molecular weight is 2080 g/mol. The van der Waals surface area contributed by atoms with Gasteiger partial charge in [0.2, 0.25) is 17.7 Å². The van der Waals surface area contributed by atoms with Crippen molar-refractivity contribution in [1.29, 1.82) is 0 Å². The molecule has 0 aliphatic heterocycles. The van der Waals surface area contributed by atoms with Crippen LogP contribution in [0.15, 0.2) is 242 Å². The van der Waals surface area contributed by atoms with E-state index >= 15 is 0 Å². The van der Waals surface area contributed by atoms with Crippen molar-refractivity contribution < 1.29 is 118 Å². The minimum atomic E-state index is -5.35. The predicted molar refractivity (Wildman–Crippen MR) is 544 cm³/mol. The van der Waals surface area contributed by atoms with Crippen LogP contribution in [0.3, 0.4) is 0 Å². The summed E-state index contributed by atoms with van der Waals surface area (Å²) in [6, 6.07) is 6.76. The molecule has 0 bridgehead atoms. The quantitative estimate of drug-likeness (QED) is 0.0202. The molecule has 3 aliphatic carbocycles. The van der Waals surface area contributed by atoms with Gasteiger partial charge in [-0.25, -0.2) is 13.2 Å². The molecule has 144 heavy (non-hydrogen) atoms. The highest BCUT2D eigenvalue weighted by molar-refractivity contribution is 7.98. The zero-order chi connectivity index (χ0) is 136. The number of rotatable bonds is 39. The van der Waals surface area contributed by atoms with Crippen molar-refractivity contribution in [2.24, 2.45) is 11.8 Å². The first-order valence-corrected chi connectivity index (χ1v) is 47.6. The molecule has 0 spiro atoms. The van der Waals surface area contributed by atoms with Crippen LogP contribution in [0.25, 0.3) is 33.4 Å². The Bertz CT molecular complexity index is 8600. The van der Waals surface area contributed by atoms with E-state index in [2.05, 4.69) is 15.0 Å². The summed E-state index contributed by atoms with van der Waals surface area (Å²) >= 11 is 0.447. The number of nitrogens with zero attached hydrogens (tertiary/aromatic N) is 12. The fraction of sp³-hybridized carbons (Fsp3) is 0.378. The van der Waals surface area contributed by atoms with Gasteiger partial charge in [-0.3, -0.25) is 28.8 Å². The highest BCUT2D eigenvalue weighted by Gasteiger charge is 2.36. The molecule has 33 heteroatoms. The Morgan fingerprint density at radius 2 is 0.701 bits per heavy atom. The van der Waals surface area contributed by atoms with E-state index in [0.717, 1.165) is 108 Å². The Morgan fingerprint density at radius 3 is 1.06 bits per heavy atom. The van der Waals surface area contributed by atoms with Crippen molar-refractivity contribution in [3.8, 4) is 33.4 Å². The Morgan fingerprint density at radius 1 is 0.382 bits per heavy atom. The number of carbonyl (C=O) groups excluding carboxylic acids is 3. The first-order chi connectivity index (χ1) is 83.4. The molecular formula is C111H120F12N12O6S3. The summed E-state index contributed by atoms with van der Waals surface area (Å²) in [5, 5.41) is -2.33. The van der Waals surface area contributed by atoms with Gasteiger partial charge in [-0.2, -0.15) is 54.5 Å². The van der Waals surface area contributed by atoms with E-state index < -0.39 is 348 Å². The van der Waals surface area contributed by atoms with Crippen LogP contribution >= 0.6 is 35.3 Å². The number of hydrogen-bond donors (Lipinski definition) is 0. The average Bonchev–Trinajstić information content (AvgIpc) is 1.51. The number of thioether (sulfide) groups is 3. The van der Waals surface area contributed by atoms with Crippen LogP contribution in [0.1, 0.15) is 202 Å². The van der Waals surface area contributed by atoms with Gasteiger partial charge in [0.05, 0.1) is 45.5 Å². The molecule has 0 radical (unpaired) electrons. The zero-order valence-corrected chi connectivity index (χ0v) is 81.3. The van der Waals surface area contributed by atoms with E-state index in [-0.39, 0.29) is 108 Å². The van der Waals surface area contributed by atoms with E-state index in [1.165, 1.54) is 24.3 Å². The molecule has 15 rings (SSSR count). The smallest absolute Gasteiger partial charge is 0.336 e. The standard InChI is InChI=1S/3C37H40F4N4O2S/c2*1-4-43(5-2)18-19-44(22-26-6-10-28(11-7-26)29-12-14-30(15-13-29)37(39,40)41)34(46)23-45-33-21-25(3)20-32(33)35(47)42-36(45)48-24-27-8-16-31(38)17-9-27;1-4-43(5-2)19-20-44(22-26-9-13-28(14-10-26)29-15-18-32(25(3)21-29)37(39,40)41)34(46)23-45-33-8-6-7-31(33)35(47)42-36(45)48-24-27-11-16-30(38)17-12-27/h2*6-17,25H,4-5,18-24H2,1-3H3;9-18,21H,4-8,19-20,22-24H2,1-3H3/i6D,7D,10D,11D,12D,13D,14D,15D,20D2,21D2,23D2,24D2,25D;20D2,21D2,23D2,24D2,25D;9D,10D,13D,14D,15D,18D,21D,23D2,24D2. The number of alkyl halides is 9. The van der Waals surface area contributed by atoms with Gasteiger partial charge in [0.1, 0.15) is 36.9 Å². The summed E-state index contributed by atoms with van der Waals surface area (Å²) < 4.78 is 490. The molecule has 3 heterocycles. The Labute approximate surface area is 896 Å². The molecule has 762 valence electrons. The van der Waals surface area contributed by atoms with Gasteiger partial charge in [0.25, 0.3) is 16.7 Å². The second kappa shape index (κ2) is 50.3. The molecule has 12 aromatic rings. The van der Waals surface area contributed by atoms with Gasteiger partial charge in [-0.05, 0) is 242 Å². The predicted octanol–water partition coefficient (Wildman–Crippen LogP) is 22.5. The second-order valence-corrected chi connectivity index (χ2v) is 34.6. The number of amides is 3. The number of fused-ring (bicyclic) bond motifs is 3. The third kappa shape index (κ3) is 29.5. The van der Waals surface area contributed by atoms with Crippen molar-refractivity contribution in [3.05, 3.63) is 350 Å². The molecule has 2 unspecified atom stereocenters. The summed E-state index contributed by atoms with van der Waals surface area (Å²) in [5.74, 6) is -12.0. The van der Waals surface area contributed by atoms with Gasteiger partial charge < -0.3 is 43.1 Å². The molecular weight excluding hydrogens is 1920 g/mol. The van der Waals surface area contributed by atoms with Crippen molar-refractivity contribution in [1.82, 2.24) is 58.1 Å². The highest BCUT2D eigenvalue weighted by Crippen LogP contribution is 2.39. The molecule has 18 nitrogen and oxygen atoms in total. The van der Waals surface area contributed by atoms with Crippen LogP contribution < -0.4 is 16.7 Å². The maximum Gasteiger partial charge on any atom is 0.416 e. The largest absolute Gasteiger partial charge is 0.416 e. The number of carbonyl (C=O) groups is 3. The molecule has 0 saturated heterocycles. The van der Waals surface area contributed by atoms with Crippen LogP contribution in [0.4, 0.5) is 52.7 Å². The minimum Gasteiger partial charge on any atom is -0.336 e. The van der Waals surface area contributed by atoms with E-state index in [4.69, 9.17) is 42.5 Å². The fourth-order valence-corrected chi connectivity index (χ4v) is 16.8. The topological polar surface area (TPSA) is 175 Å². The van der Waals surface area contributed by atoms with Crippen LogP contribution in [0.5, 0.6) is 0 Å². The molecule has 2 atom stereocenters. The van der Waals surface area contributed by atoms with Gasteiger partial charge in [-0.1, -0.05) is 236 Å². The lowest BCUT2D eigenvalue weighted by Crippen LogP contribution is -2.40. The summed E-state index contributed by atoms with van der Waals surface area (Å²) in [6.07, 6.45) is -26.9. The second-order valence-electron chi connectivity index (χ2n) is 32.3. The van der Waals surface area contributed by atoms with E-state index in [9.17, 15) is 89.7 Å². The summed E-state index contributed by atoms with van der Waals surface area (Å²) in [7, 11) is 0. The number of aromatic nitrogens is 6. The zero-order valence-electron chi connectivity index (χ0n) is 116. The third-order valence-electron chi connectivity index (χ3n) is 22.6. The number of hydrogen-bond acceptors (Lipinski definition) is 15. The molecule has 0 fully saturated rings. The van der Waals surface area contributed by atoms with Gasteiger partial charge >= 0.3 is 18.5 Å². The van der Waals surface area contributed by atoms with Crippen LogP contribution in [-0.4, -0.2) is 154 Å². The van der Waals surface area contributed by atoms with E-state index in [0.29, 0.717) is 83.6 Å². The summed E-state index contributed by atoms with van der Waals surface area (Å²) in [4.78, 5) is 105. The van der Waals surface area contributed by atoms with Gasteiger partial charge in [0.15, 0.2) is 15.5 Å². The third-order valence-corrected chi connectivity index (χ3v) is 25.0. The SMILES string of the molecule is [2H]C([2H])(Sc1nc(=O)c2c(n1C([2H])([2H])C(=O)N(CCN(CC)CC)Cc1ccc(-c3ccc(C(F)(F)F)cc3)cc1)C([2H])([2H])C([2H])(C)C2([2H])[2H])c1ccc(F)cc1.[2H]c1c([2H])c(-c2c([2H])c([2H])c(C(F)(F)F)c(C)c2[2H])c([2H])c([2H])c1CN(CCN(CC)CC)C(=O)C([2H])([2H])n1c(SC([2H])([2H])c2ccc(F)cc2)nc(=O)c2c1CCC2.[2H]c1c([2H])c(-c2c([2H])c([2H])c(C(F)(F)F)c([2H])c2[2H])c([2H])c([2H])c1CN(CCN(CC)CC)C(=O)C([2H])([2H])n1c(SC([2H])([2H])c2ccc(F)cc2)nc(=O)c2c1C([2H])([2H])C([2H])(C)C2([2H])[2H]. The number of halogens is 12. The monoisotopic (exact) mass is 2080 g/mol. The van der Waals surface area contributed by atoms with Gasteiger partial charge in [-0.15, -0.1) is 0 Å². The van der Waals surface area contributed by atoms with Crippen LogP contribution in [-0.2, 0) is 127 Å². The molecule has 0 saturated carbocycles. The molecule has 3 aliphatic rings. The summed E-state index contributed by atoms with van der Waals surface area (Å²) in [6.45, 7) is 3.73. The van der Waals surface area contributed by atoms with E-state index in [1.807, 2.05) is 37.5 Å². The Balaban J connectivity index is 0.000000221. The molecule has 9 aromatic carbocycles. The van der Waals surface area contributed by atoms with Crippen LogP contribution in [0.2, 0.25) is 0 Å². The van der Waals surface area contributed by atoms with Crippen molar-refractivity contribution in [2.45, 2.75) is 197 Å².